The summed E-state index contributed by atoms with van der Waals surface area (Å²) < 4.78 is 0. The summed E-state index contributed by atoms with van der Waals surface area (Å²) in [7, 11) is 1.99. The van der Waals surface area contributed by atoms with Gasteiger partial charge >= 0.3 is 0 Å². The van der Waals surface area contributed by atoms with Crippen LogP contribution in [0, 0.1) is 5.41 Å². The third-order valence-electron chi connectivity index (χ3n) is 4.24. The highest BCUT2D eigenvalue weighted by molar-refractivity contribution is 5.86. The molecule has 0 heterocycles. The second kappa shape index (κ2) is 4.38. The van der Waals surface area contributed by atoms with E-state index in [4.69, 9.17) is 0 Å². The van der Waals surface area contributed by atoms with Gasteiger partial charge in [0.1, 0.15) is 0 Å². The summed E-state index contributed by atoms with van der Waals surface area (Å²) in [4.78, 5) is 0. The molecule has 2 nitrogen and oxygen atoms in total. The van der Waals surface area contributed by atoms with Crippen LogP contribution in [0.25, 0.3) is 10.8 Å². The molecule has 0 radical (unpaired) electrons. The van der Waals surface area contributed by atoms with E-state index < -0.39 is 0 Å². The first-order valence-electron chi connectivity index (χ1n) is 6.56. The highest BCUT2D eigenvalue weighted by Crippen LogP contribution is 2.55. The smallest absolute Gasteiger partial charge is 0.0505 e. The van der Waals surface area contributed by atoms with Crippen molar-refractivity contribution in [1.29, 1.82) is 0 Å². The van der Waals surface area contributed by atoms with E-state index in [0.717, 1.165) is 12.8 Å². The minimum Gasteiger partial charge on any atom is -0.396 e. The molecule has 2 aromatic carbocycles. The number of hydrogen-bond acceptors (Lipinski definition) is 2. The Bertz CT molecular complexity index is 555. The first-order valence-corrected chi connectivity index (χ1v) is 6.56. The molecule has 1 saturated carbocycles. The summed E-state index contributed by atoms with van der Waals surface area (Å²) in [5.74, 6) is 0. The fourth-order valence-corrected chi connectivity index (χ4v) is 2.99. The molecule has 0 amide bonds. The van der Waals surface area contributed by atoms with Crippen molar-refractivity contribution in [3.05, 3.63) is 48.0 Å². The van der Waals surface area contributed by atoms with Gasteiger partial charge in [0.2, 0.25) is 0 Å². The minimum atomic E-state index is 0.0544. The molecule has 1 aliphatic rings. The van der Waals surface area contributed by atoms with Crippen LogP contribution in [0.4, 0.5) is 0 Å². The molecule has 0 bridgehead atoms. The first kappa shape index (κ1) is 11.7. The van der Waals surface area contributed by atoms with Crippen molar-refractivity contribution in [2.45, 2.75) is 18.9 Å². The second-order valence-electron chi connectivity index (χ2n) is 5.31. The number of rotatable bonds is 4. The van der Waals surface area contributed by atoms with Crippen LogP contribution in [0.15, 0.2) is 42.5 Å². The fraction of sp³-hybridized carbons (Fsp3) is 0.375. The number of nitrogens with one attached hydrogen (secondary N) is 1. The van der Waals surface area contributed by atoms with Gasteiger partial charge in [-0.1, -0.05) is 42.5 Å². The van der Waals surface area contributed by atoms with E-state index in [1.165, 1.54) is 16.3 Å². The Morgan fingerprint density at radius 1 is 1.17 bits per heavy atom. The van der Waals surface area contributed by atoms with Crippen molar-refractivity contribution >= 4 is 10.8 Å². The van der Waals surface area contributed by atoms with E-state index in [1.807, 2.05) is 7.05 Å². The maximum Gasteiger partial charge on any atom is 0.0505 e. The van der Waals surface area contributed by atoms with Crippen LogP contribution in [-0.4, -0.2) is 18.8 Å². The molecule has 2 aromatic rings. The Morgan fingerprint density at radius 3 is 2.56 bits per heavy atom. The Kier molecular flexibility index (Phi) is 2.84. The number of aliphatic hydroxyl groups excluding tert-OH is 1. The average Bonchev–Trinajstić information content (AvgIpc) is 3.21. The van der Waals surface area contributed by atoms with Gasteiger partial charge in [0.25, 0.3) is 0 Å². The van der Waals surface area contributed by atoms with Gasteiger partial charge in [0, 0.05) is 11.5 Å². The van der Waals surface area contributed by atoms with Gasteiger partial charge in [0.05, 0.1) is 6.61 Å². The Morgan fingerprint density at radius 2 is 1.89 bits per heavy atom. The van der Waals surface area contributed by atoms with Crippen LogP contribution in [0.1, 0.15) is 24.4 Å². The summed E-state index contributed by atoms with van der Waals surface area (Å²) in [6.45, 7) is 0.266. The maximum atomic E-state index is 9.65. The second-order valence-corrected chi connectivity index (χ2v) is 5.31. The lowest BCUT2D eigenvalue weighted by Gasteiger charge is -2.26. The lowest BCUT2D eigenvalue weighted by atomic mass is 9.88. The SMILES string of the molecule is CNC(c1cccc2ccccc12)C1(CO)CC1. The third kappa shape index (κ3) is 1.73. The zero-order chi connectivity index (χ0) is 12.6. The minimum absolute atomic E-state index is 0.0544. The van der Waals surface area contributed by atoms with Crippen molar-refractivity contribution in [3.63, 3.8) is 0 Å². The van der Waals surface area contributed by atoms with Gasteiger partial charge in [-0.25, -0.2) is 0 Å². The predicted molar refractivity (Wildman–Crippen MR) is 74.5 cm³/mol. The van der Waals surface area contributed by atoms with E-state index in [1.54, 1.807) is 0 Å². The van der Waals surface area contributed by atoms with E-state index >= 15 is 0 Å². The van der Waals surface area contributed by atoms with Crippen LogP contribution in [0.5, 0.6) is 0 Å². The Labute approximate surface area is 108 Å². The van der Waals surface area contributed by atoms with Crippen molar-refractivity contribution in [1.82, 2.24) is 5.32 Å². The summed E-state index contributed by atoms with van der Waals surface area (Å²) in [6.07, 6.45) is 2.22. The molecule has 0 spiro atoms. The van der Waals surface area contributed by atoms with Crippen LogP contribution >= 0.6 is 0 Å². The molecular formula is C16H19NO. The van der Waals surface area contributed by atoms with Crippen molar-refractivity contribution < 1.29 is 5.11 Å². The molecule has 2 N–H and O–H groups in total. The molecule has 94 valence electrons. The van der Waals surface area contributed by atoms with Gasteiger partial charge < -0.3 is 10.4 Å². The largest absolute Gasteiger partial charge is 0.396 e. The number of benzene rings is 2. The zero-order valence-electron chi connectivity index (χ0n) is 10.7. The quantitative estimate of drug-likeness (QED) is 0.862. The number of fused-ring (bicyclic) bond motifs is 1. The lowest BCUT2D eigenvalue weighted by molar-refractivity contribution is 0.176. The van der Waals surface area contributed by atoms with Crippen LogP contribution in [-0.2, 0) is 0 Å². The predicted octanol–water partition coefficient (Wildman–Crippen LogP) is 2.87. The zero-order valence-corrected chi connectivity index (χ0v) is 10.7. The topological polar surface area (TPSA) is 32.3 Å². The van der Waals surface area contributed by atoms with Gasteiger partial charge in [-0.05, 0) is 36.2 Å². The van der Waals surface area contributed by atoms with Crippen LogP contribution in [0.3, 0.4) is 0 Å². The van der Waals surface area contributed by atoms with Crippen molar-refractivity contribution in [2.24, 2.45) is 5.41 Å². The molecule has 1 atom stereocenters. The summed E-state index contributed by atoms with van der Waals surface area (Å²) in [6, 6.07) is 15.1. The van der Waals surface area contributed by atoms with Crippen molar-refractivity contribution in [2.75, 3.05) is 13.7 Å². The molecule has 0 aliphatic heterocycles. The third-order valence-corrected chi connectivity index (χ3v) is 4.24. The van der Waals surface area contributed by atoms with Gasteiger partial charge in [-0.3, -0.25) is 0 Å². The number of hydrogen-bond donors (Lipinski definition) is 2. The number of aliphatic hydroxyl groups is 1. The van der Waals surface area contributed by atoms with E-state index in [-0.39, 0.29) is 18.1 Å². The molecule has 0 saturated heterocycles. The molecular weight excluding hydrogens is 222 g/mol. The molecule has 1 unspecified atom stereocenters. The van der Waals surface area contributed by atoms with Gasteiger partial charge in [-0.2, -0.15) is 0 Å². The lowest BCUT2D eigenvalue weighted by Crippen LogP contribution is -2.29. The molecule has 1 fully saturated rings. The van der Waals surface area contributed by atoms with E-state index in [9.17, 15) is 5.11 Å². The molecule has 18 heavy (non-hydrogen) atoms. The van der Waals surface area contributed by atoms with Crippen molar-refractivity contribution in [3.8, 4) is 0 Å². The molecule has 1 aliphatic carbocycles. The standard InChI is InChI=1S/C16H19NO/c1-17-15(16(11-18)9-10-16)14-8-4-6-12-5-2-3-7-13(12)14/h2-8,15,17-18H,9-11H2,1H3. The Hall–Kier alpha value is -1.38. The monoisotopic (exact) mass is 241 g/mol. The average molecular weight is 241 g/mol. The maximum absolute atomic E-state index is 9.65. The van der Waals surface area contributed by atoms with Crippen LogP contribution in [0.2, 0.25) is 0 Å². The highest BCUT2D eigenvalue weighted by Gasteiger charge is 2.49. The highest BCUT2D eigenvalue weighted by atomic mass is 16.3. The molecule has 3 rings (SSSR count). The molecule has 2 heteroatoms. The first-order chi connectivity index (χ1) is 8.80. The summed E-state index contributed by atoms with van der Waals surface area (Å²) >= 11 is 0. The van der Waals surface area contributed by atoms with E-state index in [0.29, 0.717) is 0 Å². The summed E-state index contributed by atoms with van der Waals surface area (Å²) in [5.41, 5.74) is 1.36. The molecule has 0 aromatic heterocycles. The fourth-order valence-electron chi connectivity index (χ4n) is 2.99. The Balaban J connectivity index is 2.13. The van der Waals surface area contributed by atoms with Gasteiger partial charge in [0.15, 0.2) is 0 Å². The normalized spacial score (nSPS) is 18.8. The van der Waals surface area contributed by atoms with Gasteiger partial charge in [-0.15, -0.1) is 0 Å². The van der Waals surface area contributed by atoms with E-state index in [2.05, 4.69) is 47.8 Å². The van der Waals surface area contributed by atoms with Crippen LogP contribution < -0.4 is 5.32 Å². The summed E-state index contributed by atoms with van der Waals surface area (Å²) in [5, 5.41) is 15.6.